The molecular weight excluding hydrogens is 386 g/mol. The van der Waals surface area contributed by atoms with Gasteiger partial charge in [-0.05, 0) is 29.8 Å². The minimum absolute atomic E-state index is 0.0232. The molecule has 0 radical (unpaired) electrons. The molecule has 0 saturated carbocycles. The SMILES string of the molecule is CS(=O)(=O)N1CCN(C(=O)C[C@@H](Cn2cccc2)c2ccc(Cl)cc2)CC1. The molecule has 1 aromatic heterocycles. The Labute approximate surface area is 165 Å². The number of rotatable bonds is 6. The second kappa shape index (κ2) is 8.46. The van der Waals surface area contributed by atoms with Crippen molar-refractivity contribution in [3.8, 4) is 0 Å². The van der Waals surface area contributed by atoms with Crippen LogP contribution in [0.15, 0.2) is 48.8 Å². The predicted molar refractivity (Wildman–Crippen MR) is 106 cm³/mol. The zero-order chi connectivity index (χ0) is 19.4. The quantitative estimate of drug-likeness (QED) is 0.736. The van der Waals surface area contributed by atoms with Gasteiger partial charge in [0.2, 0.25) is 15.9 Å². The van der Waals surface area contributed by atoms with Gasteiger partial charge in [-0.2, -0.15) is 4.31 Å². The smallest absolute Gasteiger partial charge is 0.223 e. The lowest BCUT2D eigenvalue weighted by atomic mass is 9.94. The fourth-order valence-corrected chi connectivity index (χ4v) is 4.33. The molecule has 0 bridgehead atoms. The Morgan fingerprint density at radius 2 is 1.67 bits per heavy atom. The molecule has 1 atom stereocenters. The Bertz CT molecular complexity index is 858. The van der Waals surface area contributed by atoms with Crippen molar-refractivity contribution in [2.75, 3.05) is 32.4 Å². The average molecular weight is 410 g/mol. The summed E-state index contributed by atoms with van der Waals surface area (Å²) in [6, 6.07) is 11.5. The van der Waals surface area contributed by atoms with Crippen LogP contribution in [0.1, 0.15) is 17.9 Å². The summed E-state index contributed by atoms with van der Waals surface area (Å²) in [5.41, 5.74) is 1.07. The Morgan fingerprint density at radius 3 is 2.22 bits per heavy atom. The number of halogens is 1. The van der Waals surface area contributed by atoms with Crippen molar-refractivity contribution in [3.05, 3.63) is 59.4 Å². The molecule has 2 heterocycles. The van der Waals surface area contributed by atoms with Crippen LogP contribution in [0.25, 0.3) is 0 Å². The van der Waals surface area contributed by atoms with E-state index in [0.717, 1.165) is 5.56 Å². The van der Waals surface area contributed by atoms with Crippen LogP contribution in [0.3, 0.4) is 0 Å². The summed E-state index contributed by atoms with van der Waals surface area (Å²) in [5.74, 6) is 0.0744. The molecule has 1 fully saturated rings. The molecule has 1 aliphatic rings. The van der Waals surface area contributed by atoms with E-state index in [-0.39, 0.29) is 11.8 Å². The summed E-state index contributed by atoms with van der Waals surface area (Å²) in [6.07, 6.45) is 5.55. The normalized spacial score (nSPS) is 17.0. The first kappa shape index (κ1) is 19.9. The number of sulfonamides is 1. The zero-order valence-electron chi connectivity index (χ0n) is 15.3. The van der Waals surface area contributed by atoms with E-state index in [1.54, 1.807) is 4.90 Å². The van der Waals surface area contributed by atoms with Gasteiger partial charge in [-0.25, -0.2) is 8.42 Å². The third-order valence-electron chi connectivity index (χ3n) is 4.92. The van der Waals surface area contributed by atoms with Crippen molar-refractivity contribution in [1.82, 2.24) is 13.8 Å². The highest BCUT2D eigenvalue weighted by atomic mass is 35.5. The summed E-state index contributed by atoms with van der Waals surface area (Å²) < 4.78 is 26.8. The van der Waals surface area contributed by atoms with Crippen LogP contribution in [0.4, 0.5) is 0 Å². The fraction of sp³-hybridized carbons (Fsp3) is 0.421. The Balaban J connectivity index is 1.68. The number of carbonyl (C=O) groups excluding carboxylic acids is 1. The van der Waals surface area contributed by atoms with Gasteiger partial charge in [0, 0.05) is 62.5 Å². The van der Waals surface area contributed by atoms with E-state index in [9.17, 15) is 13.2 Å². The monoisotopic (exact) mass is 409 g/mol. The van der Waals surface area contributed by atoms with Crippen molar-refractivity contribution in [3.63, 3.8) is 0 Å². The van der Waals surface area contributed by atoms with E-state index < -0.39 is 10.0 Å². The zero-order valence-corrected chi connectivity index (χ0v) is 16.9. The van der Waals surface area contributed by atoms with Gasteiger partial charge < -0.3 is 9.47 Å². The number of nitrogens with zero attached hydrogens (tertiary/aromatic N) is 3. The first-order valence-electron chi connectivity index (χ1n) is 8.92. The second-order valence-corrected chi connectivity index (χ2v) is 9.29. The summed E-state index contributed by atoms with van der Waals surface area (Å²) in [4.78, 5) is 14.6. The highest BCUT2D eigenvalue weighted by Gasteiger charge is 2.27. The molecule has 8 heteroatoms. The molecule has 0 unspecified atom stereocenters. The van der Waals surface area contributed by atoms with Gasteiger partial charge in [-0.3, -0.25) is 4.79 Å². The predicted octanol–water partition coefficient (Wildman–Crippen LogP) is 2.42. The first-order chi connectivity index (χ1) is 12.8. The van der Waals surface area contributed by atoms with Crippen LogP contribution in [-0.4, -0.2) is 60.5 Å². The first-order valence-corrected chi connectivity index (χ1v) is 11.1. The van der Waals surface area contributed by atoms with Crippen molar-refractivity contribution in [2.24, 2.45) is 0 Å². The van der Waals surface area contributed by atoms with E-state index in [4.69, 9.17) is 11.6 Å². The summed E-state index contributed by atoms with van der Waals surface area (Å²) in [7, 11) is -3.20. The van der Waals surface area contributed by atoms with Crippen molar-refractivity contribution < 1.29 is 13.2 Å². The Hall–Kier alpha value is -1.83. The minimum Gasteiger partial charge on any atom is -0.354 e. The summed E-state index contributed by atoms with van der Waals surface area (Å²) in [5, 5.41) is 0.668. The van der Waals surface area contributed by atoms with Crippen LogP contribution in [-0.2, 0) is 21.4 Å². The highest BCUT2D eigenvalue weighted by Crippen LogP contribution is 2.25. The lowest BCUT2D eigenvalue weighted by Crippen LogP contribution is -2.50. The van der Waals surface area contributed by atoms with E-state index in [2.05, 4.69) is 4.57 Å². The number of hydrogen-bond donors (Lipinski definition) is 0. The molecule has 27 heavy (non-hydrogen) atoms. The van der Waals surface area contributed by atoms with Crippen LogP contribution in [0, 0.1) is 0 Å². The van der Waals surface area contributed by atoms with Gasteiger partial charge in [-0.1, -0.05) is 23.7 Å². The van der Waals surface area contributed by atoms with Crippen LogP contribution in [0.2, 0.25) is 5.02 Å². The third-order valence-corrected chi connectivity index (χ3v) is 6.48. The highest BCUT2D eigenvalue weighted by molar-refractivity contribution is 7.88. The van der Waals surface area contributed by atoms with Crippen molar-refractivity contribution >= 4 is 27.5 Å². The molecule has 3 rings (SSSR count). The van der Waals surface area contributed by atoms with E-state index in [1.165, 1.54) is 10.6 Å². The lowest BCUT2D eigenvalue weighted by Gasteiger charge is -2.34. The number of piperazine rings is 1. The van der Waals surface area contributed by atoms with E-state index >= 15 is 0 Å². The molecule has 0 spiro atoms. The Morgan fingerprint density at radius 1 is 1.07 bits per heavy atom. The van der Waals surface area contributed by atoms with Crippen molar-refractivity contribution in [1.29, 1.82) is 0 Å². The molecule has 0 aliphatic carbocycles. The van der Waals surface area contributed by atoms with Gasteiger partial charge in [-0.15, -0.1) is 0 Å². The molecule has 1 aliphatic heterocycles. The largest absolute Gasteiger partial charge is 0.354 e. The third kappa shape index (κ3) is 5.34. The molecular formula is C19H24ClN3O3S. The fourth-order valence-electron chi connectivity index (χ4n) is 3.38. The maximum absolute atomic E-state index is 12.9. The van der Waals surface area contributed by atoms with Gasteiger partial charge in [0.15, 0.2) is 0 Å². The average Bonchev–Trinajstić information content (AvgIpc) is 3.14. The van der Waals surface area contributed by atoms with Gasteiger partial charge in [0.05, 0.1) is 6.26 Å². The molecule has 1 amide bonds. The molecule has 1 saturated heterocycles. The standard InChI is InChI=1S/C19H24ClN3O3S/c1-27(25,26)23-12-10-22(11-13-23)19(24)14-17(15-21-8-2-3-9-21)16-4-6-18(20)7-5-16/h2-9,17H,10-15H2,1H3/t17-/m0/s1. The summed E-state index contributed by atoms with van der Waals surface area (Å²) in [6.45, 7) is 2.27. The van der Waals surface area contributed by atoms with E-state index in [0.29, 0.717) is 44.2 Å². The van der Waals surface area contributed by atoms with Gasteiger partial charge >= 0.3 is 0 Å². The molecule has 146 valence electrons. The number of hydrogen-bond acceptors (Lipinski definition) is 3. The molecule has 1 aromatic carbocycles. The van der Waals surface area contributed by atoms with Gasteiger partial charge in [0.25, 0.3) is 0 Å². The maximum atomic E-state index is 12.9. The lowest BCUT2D eigenvalue weighted by molar-refractivity contribution is -0.132. The summed E-state index contributed by atoms with van der Waals surface area (Å²) >= 11 is 6.00. The molecule has 2 aromatic rings. The molecule has 0 N–H and O–H groups in total. The van der Waals surface area contributed by atoms with Gasteiger partial charge in [0.1, 0.15) is 0 Å². The van der Waals surface area contributed by atoms with E-state index in [1.807, 2.05) is 48.8 Å². The Kier molecular flexibility index (Phi) is 6.24. The number of benzene rings is 1. The minimum atomic E-state index is -3.20. The maximum Gasteiger partial charge on any atom is 0.223 e. The number of amides is 1. The number of carbonyl (C=O) groups is 1. The van der Waals surface area contributed by atoms with Crippen molar-refractivity contribution in [2.45, 2.75) is 18.9 Å². The topological polar surface area (TPSA) is 62.6 Å². The second-order valence-electron chi connectivity index (χ2n) is 6.88. The number of aromatic nitrogens is 1. The van der Waals surface area contributed by atoms with Crippen LogP contribution >= 0.6 is 11.6 Å². The molecule has 6 nitrogen and oxygen atoms in total. The van der Waals surface area contributed by atoms with Crippen LogP contribution < -0.4 is 0 Å². The van der Waals surface area contributed by atoms with Crippen LogP contribution in [0.5, 0.6) is 0 Å².